The van der Waals surface area contributed by atoms with Crippen molar-refractivity contribution in [3.8, 4) is 11.4 Å². The summed E-state index contributed by atoms with van der Waals surface area (Å²) in [7, 11) is 0. The lowest BCUT2D eigenvalue weighted by molar-refractivity contribution is 0.871. The van der Waals surface area contributed by atoms with E-state index in [0.717, 1.165) is 5.56 Å². The third-order valence-corrected chi connectivity index (χ3v) is 4.04. The molecule has 0 saturated carbocycles. The molecule has 0 spiro atoms. The highest BCUT2D eigenvalue weighted by Crippen LogP contribution is 2.29. The van der Waals surface area contributed by atoms with Gasteiger partial charge in [-0.15, -0.1) is 0 Å². The molecule has 0 unspecified atom stereocenters. The van der Waals surface area contributed by atoms with Gasteiger partial charge in [0, 0.05) is 15.6 Å². The van der Waals surface area contributed by atoms with Gasteiger partial charge in [-0.3, -0.25) is 0 Å². The zero-order chi connectivity index (χ0) is 16.4. The lowest BCUT2D eigenvalue weighted by Gasteiger charge is -2.04. The summed E-state index contributed by atoms with van der Waals surface area (Å²) < 4.78 is 1.84. The molecule has 4 nitrogen and oxygen atoms in total. The first-order valence-electron chi connectivity index (χ1n) is 6.47. The number of nitrogens with one attached hydrogen (secondary N) is 1. The summed E-state index contributed by atoms with van der Waals surface area (Å²) in [5, 5.41) is 12.9. The van der Waals surface area contributed by atoms with Crippen LogP contribution in [-0.4, -0.2) is 21.1 Å². The van der Waals surface area contributed by atoms with Gasteiger partial charge in [-0.1, -0.05) is 46.9 Å². The maximum atomic E-state index is 6.23. The molecule has 0 aliphatic carbocycles. The molecule has 0 saturated heterocycles. The van der Waals surface area contributed by atoms with Crippen LogP contribution in [0.3, 0.4) is 0 Å². The molecular weight excluding hydrogens is 375 g/mol. The second-order valence-corrected chi connectivity index (χ2v) is 6.25. The molecule has 1 N–H and O–H groups in total. The molecule has 2 aromatic carbocycles. The van der Waals surface area contributed by atoms with Crippen molar-refractivity contribution < 1.29 is 0 Å². The van der Waals surface area contributed by atoms with Crippen molar-refractivity contribution >= 4 is 53.2 Å². The third-order valence-electron chi connectivity index (χ3n) is 2.99. The van der Waals surface area contributed by atoms with Crippen LogP contribution in [-0.2, 0) is 0 Å². The van der Waals surface area contributed by atoms with E-state index in [9.17, 15) is 0 Å². The molecule has 3 aromatic rings. The third kappa shape index (κ3) is 3.64. The average Bonchev–Trinajstić information content (AvgIpc) is 2.86. The Morgan fingerprint density at radius 1 is 1.09 bits per heavy atom. The number of H-pyrrole nitrogens is 1. The number of aromatic amines is 1. The smallest absolute Gasteiger partial charge is 0.216 e. The van der Waals surface area contributed by atoms with Crippen molar-refractivity contribution in [2.75, 3.05) is 0 Å². The Hall–Kier alpha value is -1.66. The van der Waals surface area contributed by atoms with Crippen molar-refractivity contribution in [2.45, 2.75) is 0 Å². The minimum atomic E-state index is 0.351. The first-order chi connectivity index (χ1) is 11.0. The van der Waals surface area contributed by atoms with Gasteiger partial charge in [-0.2, -0.15) is 14.9 Å². The highest BCUT2D eigenvalue weighted by molar-refractivity contribution is 7.71. The second-order valence-electron chi connectivity index (χ2n) is 4.59. The first kappa shape index (κ1) is 16.2. The molecule has 0 bridgehead atoms. The van der Waals surface area contributed by atoms with Gasteiger partial charge in [0.1, 0.15) is 0 Å². The number of hydrogen-bond acceptors (Lipinski definition) is 3. The van der Waals surface area contributed by atoms with E-state index in [4.69, 9.17) is 47.0 Å². The predicted octanol–water partition coefficient (Wildman–Crippen LogP) is 5.45. The summed E-state index contributed by atoms with van der Waals surface area (Å²) in [6, 6.07) is 12.4. The fourth-order valence-corrected chi connectivity index (χ4v) is 2.83. The SMILES string of the molecule is S=c1[nH]nc(-c2ccc(Cl)cc2Cl)n1N=Cc1cccc(Cl)c1. The van der Waals surface area contributed by atoms with Crippen molar-refractivity contribution in [3.05, 3.63) is 67.9 Å². The van der Waals surface area contributed by atoms with Crippen molar-refractivity contribution in [2.24, 2.45) is 5.10 Å². The van der Waals surface area contributed by atoms with E-state index in [1.54, 1.807) is 36.5 Å². The maximum Gasteiger partial charge on any atom is 0.216 e. The van der Waals surface area contributed by atoms with Gasteiger partial charge in [-0.05, 0) is 48.1 Å². The zero-order valence-corrected chi connectivity index (χ0v) is 14.6. The Bertz CT molecular complexity index is 946. The summed E-state index contributed by atoms with van der Waals surface area (Å²) in [4.78, 5) is 0. The van der Waals surface area contributed by atoms with Crippen LogP contribution in [0.1, 0.15) is 5.56 Å². The number of hydrogen-bond donors (Lipinski definition) is 1. The molecule has 0 fully saturated rings. The molecule has 0 aliphatic heterocycles. The van der Waals surface area contributed by atoms with Gasteiger partial charge in [-0.25, -0.2) is 5.10 Å². The number of halogens is 3. The van der Waals surface area contributed by atoms with E-state index in [0.29, 0.717) is 31.2 Å². The summed E-state index contributed by atoms with van der Waals surface area (Å²) in [5.74, 6) is 0.495. The van der Waals surface area contributed by atoms with Gasteiger partial charge < -0.3 is 0 Å². The molecular formula is C15H9Cl3N4S. The number of benzene rings is 2. The van der Waals surface area contributed by atoms with E-state index in [1.165, 1.54) is 4.68 Å². The van der Waals surface area contributed by atoms with Gasteiger partial charge in [0.15, 0.2) is 5.82 Å². The summed E-state index contributed by atoms with van der Waals surface area (Å²) in [6.07, 6.45) is 1.64. The average molecular weight is 384 g/mol. The summed E-state index contributed by atoms with van der Waals surface area (Å²) in [5.41, 5.74) is 1.51. The van der Waals surface area contributed by atoms with Crippen LogP contribution in [0, 0.1) is 4.77 Å². The Balaban J connectivity index is 2.04. The van der Waals surface area contributed by atoms with Crippen LogP contribution in [0.15, 0.2) is 47.6 Å². The number of aromatic nitrogens is 3. The summed E-state index contributed by atoms with van der Waals surface area (Å²) >= 11 is 23.3. The minimum Gasteiger partial charge on any atom is -0.250 e. The first-order valence-corrected chi connectivity index (χ1v) is 8.01. The highest BCUT2D eigenvalue weighted by atomic mass is 35.5. The summed E-state index contributed by atoms with van der Waals surface area (Å²) in [6.45, 7) is 0. The van der Waals surface area contributed by atoms with E-state index < -0.39 is 0 Å². The topological polar surface area (TPSA) is 46.0 Å². The van der Waals surface area contributed by atoms with E-state index in [-0.39, 0.29) is 0 Å². The van der Waals surface area contributed by atoms with E-state index in [2.05, 4.69) is 15.3 Å². The molecule has 3 rings (SSSR count). The van der Waals surface area contributed by atoms with Gasteiger partial charge >= 0.3 is 0 Å². The second kappa shape index (κ2) is 6.84. The van der Waals surface area contributed by atoms with Crippen LogP contribution in [0.25, 0.3) is 11.4 Å². The zero-order valence-electron chi connectivity index (χ0n) is 11.5. The lowest BCUT2D eigenvalue weighted by Crippen LogP contribution is -1.95. The molecule has 116 valence electrons. The van der Waals surface area contributed by atoms with Crippen LogP contribution in [0.2, 0.25) is 15.1 Å². The minimum absolute atomic E-state index is 0.351. The molecule has 1 aromatic heterocycles. The fourth-order valence-electron chi connectivity index (χ4n) is 1.96. The Morgan fingerprint density at radius 2 is 1.87 bits per heavy atom. The highest BCUT2D eigenvalue weighted by Gasteiger charge is 2.12. The van der Waals surface area contributed by atoms with Gasteiger partial charge in [0.05, 0.1) is 11.2 Å². The normalized spacial score (nSPS) is 11.3. The number of nitrogens with zero attached hydrogens (tertiary/aromatic N) is 3. The molecule has 1 heterocycles. The largest absolute Gasteiger partial charge is 0.250 e. The van der Waals surface area contributed by atoms with Crippen LogP contribution in [0.4, 0.5) is 0 Å². The Morgan fingerprint density at radius 3 is 2.61 bits per heavy atom. The molecule has 8 heteroatoms. The maximum absolute atomic E-state index is 6.23. The standard InChI is InChI=1S/C15H9Cl3N4S/c16-10-3-1-2-9(6-10)8-19-22-14(20-21-15(22)23)12-5-4-11(17)7-13(12)18/h1-8H,(H,21,23). The molecule has 0 aliphatic rings. The van der Waals surface area contributed by atoms with Crippen molar-refractivity contribution in [3.63, 3.8) is 0 Å². The monoisotopic (exact) mass is 382 g/mol. The van der Waals surface area contributed by atoms with Gasteiger partial charge in [0.25, 0.3) is 0 Å². The van der Waals surface area contributed by atoms with Crippen molar-refractivity contribution in [1.82, 2.24) is 14.9 Å². The molecule has 0 radical (unpaired) electrons. The quantitative estimate of drug-likeness (QED) is 0.483. The molecule has 0 atom stereocenters. The number of rotatable bonds is 3. The molecule has 23 heavy (non-hydrogen) atoms. The Kier molecular flexibility index (Phi) is 4.82. The van der Waals surface area contributed by atoms with Crippen LogP contribution in [0.5, 0.6) is 0 Å². The fraction of sp³-hybridized carbons (Fsp3) is 0. The van der Waals surface area contributed by atoms with E-state index >= 15 is 0 Å². The molecule has 0 amide bonds. The van der Waals surface area contributed by atoms with Crippen molar-refractivity contribution in [1.29, 1.82) is 0 Å². The lowest BCUT2D eigenvalue weighted by atomic mass is 10.2. The van der Waals surface area contributed by atoms with E-state index in [1.807, 2.05) is 12.1 Å². The van der Waals surface area contributed by atoms with Crippen LogP contribution >= 0.6 is 47.0 Å². The Labute approximate surface area is 152 Å². The van der Waals surface area contributed by atoms with Crippen LogP contribution < -0.4 is 0 Å². The van der Waals surface area contributed by atoms with Gasteiger partial charge in [0.2, 0.25) is 4.77 Å². The predicted molar refractivity (Wildman–Crippen MR) is 97.3 cm³/mol.